The number of hydrogen-bond donors (Lipinski definition) is 3. The van der Waals surface area contributed by atoms with Gasteiger partial charge in [0.2, 0.25) is 10.0 Å². The molecule has 1 aliphatic heterocycles. The van der Waals surface area contributed by atoms with Crippen LogP contribution in [0.2, 0.25) is 5.02 Å². The normalized spacial score (nSPS) is 21.9. The zero-order valence-corrected chi connectivity index (χ0v) is 25.9. The number of hydrogen-bond acceptors (Lipinski definition) is 6. The van der Waals surface area contributed by atoms with E-state index in [1.54, 1.807) is 47.4 Å². The number of hydroxylamine groups is 1. The number of nitrogens with one attached hydrogen (secondary N) is 2. The molecule has 3 aromatic carbocycles. The maximum Gasteiger partial charge on any atom is 0.335 e. The fourth-order valence-corrected chi connectivity index (χ4v) is 7.38. The average Bonchev–Trinajstić information content (AvgIpc) is 2.98. The maximum atomic E-state index is 14.4. The van der Waals surface area contributed by atoms with Crippen molar-refractivity contribution in [3.8, 4) is 0 Å². The second-order valence-corrected chi connectivity index (χ2v) is 13.5. The van der Waals surface area contributed by atoms with E-state index in [9.17, 15) is 27.9 Å². The highest BCUT2D eigenvalue weighted by Gasteiger charge is 2.49. The van der Waals surface area contributed by atoms with Crippen molar-refractivity contribution in [3.63, 3.8) is 0 Å². The average molecular weight is 640 g/mol. The highest BCUT2D eigenvalue weighted by Crippen LogP contribution is 2.47. The zero-order valence-electron chi connectivity index (χ0n) is 24.3. The number of aromatic carboxylic acids is 1. The summed E-state index contributed by atoms with van der Waals surface area (Å²) in [6, 6.07) is 16.5. The number of rotatable bonds is 9. The number of amides is 2. The van der Waals surface area contributed by atoms with Gasteiger partial charge in [-0.05, 0) is 60.7 Å². The van der Waals surface area contributed by atoms with E-state index in [1.165, 1.54) is 12.1 Å². The Balaban J connectivity index is 1.57. The van der Waals surface area contributed by atoms with Crippen LogP contribution in [0.25, 0.3) is 0 Å². The first-order chi connectivity index (χ1) is 20.9. The molecule has 1 saturated carbocycles. The van der Waals surface area contributed by atoms with E-state index in [0.717, 1.165) is 24.7 Å². The number of carbonyl (C=O) groups is 3. The van der Waals surface area contributed by atoms with Gasteiger partial charge in [-0.2, -0.15) is 0 Å². The summed E-state index contributed by atoms with van der Waals surface area (Å²) in [7, 11) is -3.60. The maximum absolute atomic E-state index is 14.4. The molecule has 0 radical (unpaired) electrons. The minimum absolute atomic E-state index is 0.0895. The Morgan fingerprint density at radius 3 is 2.52 bits per heavy atom. The first-order valence-electron chi connectivity index (χ1n) is 14.3. The van der Waals surface area contributed by atoms with Gasteiger partial charge in [-0.1, -0.05) is 72.5 Å². The van der Waals surface area contributed by atoms with Crippen LogP contribution >= 0.6 is 11.6 Å². The Hall–Kier alpha value is -3.77. The Morgan fingerprint density at radius 1 is 1.02 bits per heavy atom. The van der Waals surface area contributed by atoms with Gasteiger partial charge in [0.1, 0.15) is 0 Å². The summed E-state index contributed by atoms with van der Waals surface area (Å²) in [5, 5.41) is 9.67. The molecule has 0 spiro atoms. The van der Waals surface area contributed by atoms with Crippen molar-refractivity contribution in [2.75, 3.05) is 6.26 Å². The van der Waals surface area contributed by atoms with Gasteiger partial charge in [0.25, 0.3) is 11.8 Å². The fourth-order valence-electron chi connectivity index (χ4n) is 6.32. The van der Waals surface area contributed by atoms with E-state index < -0.39 is 45.9 Å². The highest BCUT2D eigenvalue weighted by molar-refractivity contribution is 7.88. The summed E-state index contributed by atoms with van der Waals surface area (Å²) in [5.41, 5.74) is 5.43. The van der Waals surface area contributed by atoms with Crippen LogP contribution in [0.4, 0.5) is 0 Å². The highest BCUT2D eigenvalue weighted by atomic mass is 35.5. The lowest BCUT2D eigenvalue weighted by molar-refractivity contribution is -0.138. The van der Waals surface area contributed by atoms with Crippen LogP contribution in [-0.2, 0) is 26.3 Å². The third-order valence-electron chi connectivity index (χ3n) is 8.17. The summed E-state index contributed by atoms with van der Waals surface area (Å²) < 4.78 is 27.5. The predicted molar refractivity (Wildman–Crippen MR) is 165 cm³/mol. The summed E-state index contributed by atoms with van der Waals surface area (Å²) in [6.45, 7) is 1.80. The summed E-state index contributed by atoms with van der Waals surface area (Å²) >= 11 is 6.79. The van der Waals surface area contributed by atoms with Crippen LogP contribution in [0.15, 0.2) is 66.7 Å². The number of benzene rings is 3. The van der Waals surface area contributed by atoms with Crippen LogP contribution in [0, 0.1) is 6.92 Å². The van der Waals surface area contributed by atoms with Gasteiger partial charge in [0, 0.05) is 22.7 Å². The quantitative estimate of drug-likeness (QED) is 0.287. The molecule has 0 unspecified atom stereocenters. The van der Waals surface area contributed by atoms with E-state index in [2.05, 4.69) is 10.2 Å². The molecule has 0 aromatic heterocycles. The van der Waals surface area contributed by atoms with Crippen LogP contribution in [-0.4, -0.2) is 54.5 Å². The van der Waals surface area contributed by atoms with Crippen molar-refractivity contribution in [1.82, 2.24) is 15.1 Å². The van der Waals surface area contributed by atoms with Crippen LogP contribution in [0.5, 0.6) is 0 Å². The van der Waals surface area contributed by atoms with Crippen molar-refractivity contribution in [2.24, 2.45) is 0 Å². The van der Waals surface area contributed by atoms with Gasteiger partial charge in [-0.3, -0.25) is 14.4 Å². The van der Waals surface area contributed by atoms with E-state index in [0.29, 0.717) is 40.1 Å². The predicted octanol–water partition coefficient (Wildman–Crippen LogP) is 4.74. The summed E-state index contributed by atoms with van der Waals surface area (Å²) in [5.74, 6) is -2.89. The van der Waals surface area contributed by atoms with Gasteiger partial charge in [0.15, 0.2) is 0 Å². The minimum atomic E-state index is -3.60. The number of carboxylic acids is 1. The van der Waals surface area contributed by atoms with Crippen molar-refractivity contribution < 1.29 is 32.7 Å². The Labute approximate surface area is 261 Å². The van der Waals surface area contributed by atoms with Crippen LogP contribution in [0.1, 0.15) is 80.6 Å². The molecular formula is C32H34ClN3O7S. The molecule has 1 heterocycles. The third-order valence-corrected chi connectivity index (χ3v) is 9.24. The number of nitrogens with zero attached hydrogens (tertiary/aromatic N) is 1. The van der Waals surface area contributed by atoms with Crippen molar-refractivity contribution in [3.05, 3.63) is 105 Å². The first kappa shape index (κ1) is 31.6. The number of fused-ring (bicyclic) bond motifs is 1. The number of halogens is 1. The van der Waals surface area contributed by atoms with Crippen LogP contribution < -0.4 is 10.2 Å². The largest absolute Gasteiger partial charge is 0.478 e. The Morgan fingerprint density at radius 2 is 1.77 bits per heavy atom. The lowest BCUT2D eigenvalue weighted by Crippen LogP contribution is -2.59. The second-order valence-electron chi connectivity index (χ2n) is 11.4. The van der Waals surface area contributed by atoms with Gasteiger partial charge in [0.05, 0.1) is 30.4 Å². The molecule has 0 bridgehead atoms. The second kappa shape index (κ2) is 13.1. The van der Waals surface area contributed by atoms with Gasteiger partial charge in [-0.15, -0.1) is 0 Å². The van der Waals surface area contributed by atoms with E-state index in [4.69, 9.17) is 16.4 Å². The molecule has 4 atom stereocenters. The molecule has 1 aliphatic carbocycles. The van der Waals surface area contributed by atoms with Crippen LogP contribution in [0.3, 0.4) is 0 Å². The van der Waals surface area contributed by atoms with Gasteiger partial charge >= 0.3 is 5.97 Å². The smallest absolute Gasteiger partial charge is 0.335 e. The lowest BCUT2D eigenvalue weighted by Gasteiger charge is -2.49. The topological polar surface area (TPSA) is 142 Å². The molecule has 1 fully saturated rings. The van der Waals surface area contributed by atoms with Gasteiger partial charge < -0.3 is 10.0 Å². The lowest BCUT2D eigenvalue weighted by atomic mass is 9.76. The molecule has 232 valence electrons. The third kappa shape index (κ3) is 6.81. The van der Waals surface area contributed by atoms with Crippen molar-refractivity contribution in [1.29, 1.82) is 0 Å². The molecule has 2 amide bonds. The van der Waals surface area contributed by atoms with E-state index in [1.807, 2.05) is 19.1 Å². The Kier molecular flexibility index (Phi) is 9.40. The minimum Gasteiger partial charge on any atom is -0.478 e. The molecule has 5 rings (SSSR count). The Bertz CT molecular complexity index is 1700. The SMILES string of the molecule is Cc1ccc(Cl)c([C@H]2[C@H](C(=O)NOCc3cccc(C(=O)O)c3)c3ccccc3C(=O)N2[C@H]2CCCC[C@@H]2NS(C)(=O)=O)c1. The van der Waals surface area contributed by atoms with E-state index >= 15 is 0 Å². The molecule has 3 aromatic rings. The molecule has 0 saturated heterocycles. The molecule has 3 N–H and O–H groups in total. The van der Waals surface area contributed by atoms with E-state index in [-0.39, 0.29) is 18.1 Å². The molecular weight excluding hydrogens is 606 g/mol. The number of carbonyl (C=O) groups excluding carboxylic acids is 2. The van der Waals surface area contributed by atoms with Gasteiger partial charge in [-0.25, -0.2) is 23.4 Å². The summed E-state index contributed by atoms with van der Waals surface area (Å²) in [6.07, 6.45) is 3.74. The first-order valence-corrected chi connectivity index (χ1v) is 16.6. The van der Waals surface area contributed by atoms with Crippen molar-refractivity contribution in [2.45, 2.75) is 63.3 Å². The zero-order chi connectivity index (χ0) is 31.6. The molecule has 12 heteroatoms. The number of sulfonamides is 1. The monoisotopic (exact) mass is 639 g/mol. The fraction of sp³-hybridized carbons (Fsp3) is 0.344. The summed E-state index contributed by atoms with van der Waals surface area (Å²) in [4.78, 5) is 47.1. The number of aryl methyl sites for hydroxylation is 1. The molecule has 44 heavy (non-hydrogen) atoms. The standard InChI is InChI=1S/C32H34ClN3O7S/c1-19-14-15-25(33)24(16-19)29-28(30(37)34-43-18-20-8-7-9-21(17-20)32(39)40)22-10-3-4-11-23(22)31(38)36(29)27-13-6-5-12-26(27)35-44(2,41)42/h3-4,7-11,14-17,26-29,35H,5-6,12-13,18H2,1-2H3,(H,34,37)(H,39,40)/t26-,27-,28+,29-/m0/s1. The molecule has 2 aliphatic rings. The molecule has 10 nitrogen and oxygen atoms in total. The van der Waals surface area contributed by atoms with Crippen molar-refractivity contribution >= 4 is 39.4 Å². The number of carboxylic acid groups (broad SMARTS) is 1.